The fourth-order valence-corrected chi connectivity index (χ4v) is 5.54. The largest absolute Gasteiger partial charge is 0.544 e. The average Bonchev–Trinajstić information content (AvgIpc) is 2.98. The molecule has 2 atom stereocenters. The molecule has 2 unspecified atom stereocenters. The third-order valence-corrected chi connectivity index (χ3v) is 8.49. The van der Waals surface area contributed by atoms with Crippen molar-refractivity contribution in [3.8, 4) is 0 Å². The van der Waals surface area contributed by atoms with Crippen LogP contribution in [0.25, 0.3) is 0 Å². The van der Waals surface area contributed by atoms with Gasteiger partial charge in [-0.1, -0.05) is 136 Å². The Kier molecular flexibility index (Phi) is 28.6. The highest BCUT2D eigenvalue weighted by Gasteiger charge is 2.25. The topological polar surface area (TPSA) is 102 Å². The van der Waals surface area contributed by atoms with E-state index in [2.05, 4.69) is 13.8 Å². The van der Waals surface area contributed by atoms with E-state index in [4.69, 9.17) is 14.2 Å². The molecule has 0 bridgehead atoms. The van der Waals surface area contributed by atoms with Gasteiger partial charge in [0.05, 0.1) is 40.3 Å². The number of hydrogen-bond donors (Lipinski definition) is 0. The summed E-state index contributed by atoms with van der Waals surface area (Å²) in [5.41, 5.74) is 0. The number of unbranched alkanes of at least 4 members (excludes halogenated alkanes) is 19. The Balaban J connectivity index is 4.36. The van der Waals surface area contributed by atoms with Crippen LogP contribution in [0.2, 0.25) is 0 Å². The summed E-state index contributed by atoms with van der Waals surface area (Å²) in [4.78, 5) is 36.4. The lowest BCUT2D eigenvalue weighted by molar-refractivity contribution is -0.889. The summed E-state index contributed by atoms with van der Waals surface area (Å²) in [5.74, 6) is -1.73. The third-order valence-electron chi connectivity index (χ3n) is 8.49. The minimum atomic E-state index is -1.12. The summed E-state index contributed by atoms with van der Waals surface area (Å²) < 4.78 is 17.0. The number of aliphatic carboxylic acids is 1. The van der Waals surface area contributed by atoms with Gasteiger partial charge in [0.15, 0.2) is 6.10 Å². The summed E-state index contributed by atoms with van der Waals surface area (Å²) in [5, 5.41) is 11.5. The number of carboxylic acid groups (broad SMARTS) is 1. The molecule has 0 aromatic carbocycles. The zero-order valence-corrected chi connectivity index (χ0v) is 30.1. The molecule has 0 spiro atoms. The predicted molar refractivity (Wildman–Crippen MR) is 181 cm³/mol. The zero-order valence-electron chi connectivity index (χ0n) is 30.1. The van der Waals surface area contributed by atoms with Crippen LogP contribution in [0.5, 0.6) is 0 Å². The van der Waals surface area contributed by atoms with Crippen LogP contribution in [0.4, 0.5) is 0 Å². The molecule has 0 heterocycles. The zero-order chi connectivity index (χ0) is 33.6. The molecular formula is C37H71NO7. The fourth-order valence-electron chi connectivity index (χ4n) is 5.54. The maximum Gasteiger partial charge on any atom is 0.306 e. The number of nitrogens with zero attached hydrogens (tertiary/aromatic N) is 1. The van der Waals surface area contributed by atoms with Gasteiger partial charge in [-0.2, -0.15) is 0 Å². The second-order valence-corrected chi connectivity index (χ2v) is 13.8. The molecule has 0 rings (SSSR count). The molecule has 266 valence electrons. The van der Waals surface area contributed by atoms with Gasteiger partial charge in [0.25, 0.3) is 0 Å². The van der Waals surface area contributed by atoms with Crippen molar-refractivity contribution in [3.05, 3.63) is 0 Å². The Morgan fingerprint density at radius 1 is 0.578 bits per heavy atom. The fraction of sp³-hybridized carbons (Fsp3) is 0.919. The van der Waals surface area contributed by atoms with E-state index in [0.29, 0.717) is 12.8 Å². The van der Waals surface area contributed by atoms with Crippen molar-refractivity contribution in [2.24, 2.45) is 0 Å². The lowest BCUT2D eigenvalue weighted by atomic mass is 10.0. The smallest absolute Gasteiger partial charge is 0.306 e. The van der Waals surface area contributed by atoms with E-state index in [-0.39, 0.29) is 42.7 Å². The first-order chi connectivity index (χ1) is 21.6. The van der Waals surface area contributed by atoms with Crippen LogP contribution < -0.4 is 5.11 Å². The van der Waals surface area contributed by atoms with Crippen molar-refractivity contribution in [2.45, 2.75) is 180 Å². The van der Waals surface area contributed by atoms with E-state index in [1.165, 1.54) is 96.3 Å². The van der Waals surface area contributed by atoms with Gasteiger partial charge in [0.2, 0.25) is 0 Å². The molecule has 45 heavy (non-hydrogen) atoms. The van der Waals surface area contributed by atoms with Gasteiger partial charge < -0.3 is 28.6 Å². The Bertz CT molecular complexity index is 722. The SMILES string of the molecule is CCCCCCCCCCCCCCCCC(=O)OC(COCCC(C(=O)[O-])[N+](C)(C)C)COC(=O)CCCCCCCCC. The highest BCUT2D eigenvalue weighted by Crippen LogP contribution is 2.14. The number of quaternary nitrogens is 1. The summed E-state index contributed by atoms with van der Waals surface area (Å²) >= 11 is 0. The minimum absolute atomic E-state index is 0.0477. The van der Waals surface area contributed by atoms with Crippen LogP contribution in [-0.4, -0.2) is 75.5 Å². The number of esters is 2. The van der Waals surface area contributed by atoms with Crippen molar-refractivity contribution in [2.75, 3.05) is 41.0 Å². The molecule has 0 aliphatic rings. The van der Waals surface area contributed by atoms with Crippen molar-refractivity contribution >= 4 is 17.9 Å². The number of ether oxygens (including phenoxy) is 3. The molecule has 0 amide bonds. The Hall–Kier alpha value is -1.67. The van der Waals surface area contributed by atoms with Gasteiger partial charge >= 0.3 is 11.9 Å². The normalized spacial score (nSPS) is 13.0. The molecule has 0 saturated carbocycles. The van der Waals surface area contributed by atoms with Crippen molar-refractivity contribution in [3.63, 3.8) is 0 Å². The van der Waals surface area contributed by atoms with Gasteiger partial charge in [-0.25, -0.2) is 0 Å². The van der Waals surface area contributed by atoms with E-state index in [1.54, 1.807) is 21.1 Å². The number of carboxylic acids is 1. The lowest BCUT2D eigenvalue weighted by Crippen LogP contribution is -2.55. The molecule has 0 fully saturated rings. The minimum Gasteiger partial charge on any atom is -0.544 e. The number of hydrogen-bond acceptors (Lipinski definition) is 7. The predicted octanol–water partition coefficient (Wildman–Crippen LogP) is 7.68. The maximum absolute atomic E-state index is 12.6. The summed E-state index contributed by atoms with van der Waals surface area (Å²) in [7, 11) is 5.40. The number of rotatable bonds is 33. The maximum atomic E-state index is 12.6. The first-order valence-electron chi connectivity index (χ1n) is 18.6. The first-order valence-corrected chi connectivity index (χ1v) is 18.6. The Labute approximate surface area is 276 Å². The molecular weight excluding hydrogens is 570 g/mol. The lowest BCUT2D eigenvalue weighted by Gasteiger charge is -2.34. The monoisotopic (exact) mass is 642 g/mol. The van der Waals surface area contributed by atoms with E-state index < -0.39 is 18.1 Å². The van der Waals surface area contributed by atoms with E-state index >= 15 is 0 Å². The standard InChI is InChI=1S/C37H71NO7/c1-6-8-10-12-14-15-16-17-18-19-20-22-24-26-28-36(40)45-33(31-43-30-29-34(37(41)42)38(3,4)5)32-44-35(39)27-25-23-21-13-11-9-7-2/h33-34H,6-32H2,1-5H3. The van der Waals surface area contributed by atoms with Crippen molar-refractivity contribution in [1.82, 2.24) is 0 Å². The first kappa shape index (κ1) is 43.3. The van der Waals surface area contributed by atoms with Crippen molar-refractivity contribution in [1.29, 1.82) is 0 Å². The van der Waals surface area contributed by atoms with Gasteiger partial charge in [-0.05, 0) is 12.8 Å². The van der Waals surface area contributed by atoms with Crippen LogP contribution >= 0.6 is 0 Å². The van der Waals surface area contributed by atoms with Crippen molar-refractivity contribution < 1.29 is 38.2 Å². The van der Waals surface area contributed by atoms with E-state index in [1.807, 2.05) is 0 Å². The second kappa shape index (κ2) is 29.7. The number of carbonyl (C=O) groups is 3. The van der Waals surface area contributed by atoms with E-state index in [9.17, 15) is 19.5 Å². The average molecular weight is 642 g/mol. The van der Waals surface area contributed by atoms with Gasteiger partial charge in [0.1, 0.15) is 12.6 Å². The molecule has 0 N–H and O–H groups in total. The van der Waals surface area contributed by atoms with Gasteiger partial charge in [-0.15, -0.1) is 0 Å². The molecule has 8 nitrogen and oxygen atoms in total. The molecule has 0 aliphatic heterocycles. The summed E-state index contributed by atoms with van der Waals surface area (Å²) in [6, 6.07) is -0.717. The highest BCUT2D eigenvalue weighted by atomic mass is 16.6. The van der Waals surface area contributed by atoms with Gasteiger partial charge in [0, 0.05) is 19.3 Å². The Morgan fingerprint density at radius 3 is 1.38 bits per heavy atom. The second-order valence-electron chi connectivity index (χ2n) is 13.8. The highest BCUT2D eigenvalue weighted by molar-refractivity contribution is 5.70. The molecule has 0 radical (unpaired) electrons. The van der Waals surface area contributed by atoms with Crippen LogP contribution in [0.15, 0.2) is 0 Å². The molecule has 0 aliphatic carbocycles. The third kappa shape index (κ3) is 28.3. The van der Waals surface area contributed by atoms with Crippen LogP contribution in [0, 0.1) is 0 Å². The van der Waals surface area contributed by atoms with Gasteiger partial charge in [-0.3, -0.25) is 9.59 Å². The molecule has 0 aromatic heterocycles. The number of carbonyl (C=O) groups excluding carboxylic acids is 3. The molecule has 0 aromatic rings. The summed E-state index contributed by atoms with van der Waals surface area (Å²) in [6.45, 7) is 4.62. The number of likely N-dealkylation sites (N-methyl/N-ethyl adjacent to an activating group) is 1. The molecule has 8 heteroatoms. The Morgan fingerprint density at radius 2 is 0.978 bits per heavy atom. The van der Waals surface area contributed by atoms with E-state index in [0.717, 1.165) is 38.5 Å². The van der Waals surface area contributed by atoms with Crippen LogP contribution in [0.3, 0.4) is 0 Å². The summed E-state index contributed by atoms with van der Waals surface area (Å²) in [6.07, 6.45) is 25.6. The quantitative estimate of drug-likeness (QED) is 0.0411. The molecule has 0 saturated heterocycles. The van der Waals surface area contributed by atoms with Crippen LogP contribution in [0.1, 0.15) is 168 Å². The van der Waals surface area contributed by atoms with Crippen LogP contribution in [-0.2, 0) is 28.6 Å².